The quantitative estimate of drug-likeness (QED) is 0.791. The number of allylic oxidation sites excluding steroid dienone is 2. The molecule has 0 radical (unpaired) electrons. The van der Waals surface area contributed by atoms with Gasteiger partial charge in [-0.15, -0.1) is 10.2 Å². The van der Waals surface area contributed by atoms with Crippen molar-refractivity contribution in [1.29, 1.82) is 0 Å². The Morgan fingerprint density at radius 2 is 2.29 bits per heavy atom. The number of carboxylic acid groups (broad SMARTS) is 1. The first-order valence-electron chi connectivity index (χ1n) is 8.06. The van der Waals surface area contributed by atoms with Gasteiger partial charge in [-0.2, -0.15) is 5.21 Å². The predicted octanol–water partition coefficient (Wildman–Crippen LogP) is 1.01. The van der Waals surface area contributed by atoms with Gasteiger partial charge in [0.1, 0.15) is 6.04 Å². The highest BCUT2D eigenvalue weighted by Crippen LogP contribution is 2.41. The molecule has 9 heteroatoms. The number of tetrazole rings is 1. The smallest absolute Gasteiger partial charge is 0.410 e. The minimum absolute atomic E-state index is 0.275. The zero-order valence-electron chi connectivity index (χ0n) is 13.5. The Morgan fingerprint density at radius 3 is 2.96 bits per heavy atom. The summed E-state index contributed by atoms with van der Waals surface area (Å²) in [6.07, 6.45) is 5.41. The van der Waals surface area contributed by atoms with Gasteiger partial charge in [-0.3, -0.25) is 4.90 Å². The molecule has 1 aliphatic heterocycles. The monoisotopic (exact) mass is 335 g/mol. The van der Waals surface area contributed by atoms with Gasteiger partial charge in [-0.25, -0.2) is 9.59 Å². The molecule has 1 saturated carbocycles. The number of fused-ring (bicyclic) bond motifs is 1. The first kappa shape index (κ1) is 16.4. The molecule has 130 valence electrons. The van der Waals surface area contributed by atoms with E-state index in [0.717, 1.165) is 19.3 Å². The second kappa shape index (κ2) is 6.98. The maximum atomic E-state index is 11.9. The van der Waals surface area contributed by atoms with E-state index in [1.54, 1.807) is 0 Å². The number of carboxylic acids is 1. The van der Waals surface area contributed by atoms with Crippen molar-refractivity contribution in [2.45, 2.75) is 38.1 Å². The highest BCUT2D eigenvalue weighted by molar-refractivity contribution is 5.80. The zero-order valence-corrected chi connectivity index (χ0v) is 13.5. The summed E-state index contributed by atoms with van der Waals surface area (Å²) in [7, 11) is 1.28. The number of piperidine rings is 1. The number of aliphatic carboxylic acids is 1. The van der Waals surface area contributed by atoms with Crippen LogP contribution >= 0.6 is 0 Å². The van der Waals surface area contributed by atoms with Crippen LogP contribution in [0.5, 0.6) is 0 Å². The Balaban J connectivity index is 1.67. The number of likely N-dealkylation sites (tertiary alicyclic amines) is 1. The fraction of sp³-hybridized carbons (Fsp3) is 0.667. The summed E-state index contributed by atoms with van der Waals surface area (Å²) in [6, 6.07) is -0.810. The van der Waals surface area contributed by atoms with E-state index in [4.69, 9.17) is 4.74 Å². The summed E-state index contributed by atoms with van der Waals surface area (Å²) in [5.74, 6) is 0.273. The minimum atomic E-state index is -0.971. The van der Waals surface area contributed by atoms with Crippen LogP contribution in [0, 0.1) is 11.8 Å². The third kappa shape index (κ3) is 3.39. The first-order valence-corrected chi connectivity index (χ1v) is 8.06. The second-order valence-corrected chi connectivity index (χ2v) is 6.37. The Labute approximate surface area is 139 Å². The van der Waals surface area contributed by atoms with Gasteiger partial charge in [-0.05, 0) is 37.5 Å². The van der Waals surface area contributed by atoms with Crippen LogP contribution in [0.1, 0.15) is 31.5 Å². The van der Waals surface area contributed by atoms with Crippen LogP contribution < -0.4 is 0 Å². The fourth-order valence-electron chi connectivity index (χ4n) is 3.77. The molecule has 0 bridgehead atoms. The number of methoxy groups -OCH3 is 1. The van der Waals surface area contributed by atoms with E-state index in [9.17, 15) is 14.7 Å². The number of rotatable bonds is 3. The molecule has 0 spiro atoms. The molecule has 0 aromatic carbocycles. The van der Waals surface area contributed by atoms with Gasteiger partial charge in [0, 0.05) is 13.0 Å². The third-order valence-electron chi connectivity index (χ3n) is 5.02. The molecule has 9 nitrogen and oxygen atoms in total. The van der Waals surface area contributed by atoms with Gasteiger partial charge in [0.05, 0.1) is 7.11 Å². The van der Waals surface area contributed by atoms with Crippen molar-refractivity contribution in [2.75, 3.05) is 13.7 Å². The van der Waals surface area contributed by atoms with E-state index in [1.807, 2.05) is 0 Å². The Bertz CT molecular complexity index is 630. The highest BCUT2D eigenvalue weighted by atomic mass is 16.5. The van der Waals surface area contributed by atoms with E-state index in [0.29, 0.717) is 31.1 Å². The molecule has 0 unspecified atom stereocenters. The lowest BCUT2D eigenvalue weighted by Crippen LogP contribution is -2.54. The standard InChI is InChI=1S/C15H21N5O4/c1-24-15(23)20-8-10-4-2-9(3-5-13-16-18-19-17-13)6-11(10)7-12(20)14(21)22/h3,10-12H,2,4-8H2,1H3,(H,21,22)(H,16,17,18,19)/b9-3+/t10-,11+,12-/m0/s1. The fourth-order valence-corrected chi connectivity index (χ4v) is 3.77. The van der Waals surface area contributed by atoms with Gasteiger partial charge >= 0.3 is 12.1 Å². The molecular weight excluding hydrogens is 314 g/mol. The van der Waals surface area contributed by atoms with Crippen LogP contribution in [-0.4, -0.2) is 62.4 Å². The van der Waals surface area contributed by atoms with Crippen LogP contribution in [0.2, 0.25) is 0 Å². The Morgan fingerprint density at radius 1 is 1.46 bits per heavy atom. The van der Waals surface area contributed by atoms with Crippen molar-refractivity contribution in [3.63, 3.8) is 0 Å². The zero-order chi connectivity index (χ0) is 17.1. The Hall–Kier alpha value is -2.45. The summed E-state index contributed by atoms with van der Waals surface area (Å²) in [6.45, 7) is 0.451. The summed E-state index contributed by atoms with van der Waals surface area (Å²) in [5.41, 5.74) is 1.30. The maximum absolute atomic E-state index is 11.9. The molecule has 1 aromatic rings. The lowest BCUT2D eigenvalue weighted by Gasteiger charge is -2.44. The van der Waals surface area contributed by atoms with Crippen molar-refractivity contribution in [1.82, 2.24) is 25.5 Å². The van der Waals surface area contributed by atoms with Crippen molar-refractivity contribution in [2.24, 2.45) is 11.8 Å². The van der Waals surface area contributed by atoms with E-state index in [1.165, 1.54) is 17.6 Å². The number of H-pyrrole nitrogens is 1. The van der Waals surface area contributed by atoms with Crippen molar-refractivity contribution in [3.05, 3.63) is 17.5 Å². The Kier molecular flexibility index (Phi) is 4.77. The van der Waals surface area contributed by atoms with Crippen LogP contribution in [0.4, 0.5) is 4.79 Å². The highest BCUT2D eigenvalue weighted by Gasteiger charge is 2.43. The lowest BCUT2D eigenvalue weighted by atomic mass is 9.71. The number of carbonyl (C=O) groups is 2. The summed E-state index contributed by atoms with van der Waals surface area (Å²) in [4.78, 5) is 24.8. The molecule has 3 rings (SSSR count). The molecule has 1 saturated heterocycles. The van der Waals surface area contributed by atoms with E-state index in [-0.39, 0.29) is 5.92 Å². The predicted molar refractivity (Wildman–Crippen MR) is 81.9 cm³/mol. The third-order valence-corrected chi connectivity index (χ3v) is 5.02. The van der Waals surface area contributed by atoms with Crippen molar-refractivity contribution < 1.29 is 19.4 Å². The number of hydrogen-bond donors (Lipinski definition) is 2. The number of carbonyl (C=O) groups excluding carboxylic acids is 1. The molecule has 24 heavy (non-hydrogen) atoms. The molecule has 2 N–H and O–H groups in total. The number of nitrogens with one attached hydrogen (secondary N) is 1. The van der Waals surface area contributed by atoms with Crippen molar-refractivity contribution >= 4 is 12.1 Å². The first-order chi connectivity index (χ1) is 11.6. The average Bonchev–Trinajstić information content (AvgIpc) is 3.11. The molecule has 1 aromatic heterocycles. The van der Waals surface area contributed by atoms with Gasteiger partial charge < -0.3 is 9.84 Å². The average molecular weight is 335 g/mol. The molecule has 1 amide bonds. The number of hydrogen-bond acceptors (Lipinski definition) is 6. The summed E-state index contributed by atoms with van der Waals surface area (Å²) >= 11 is 0. The largest absolute Gasteiger partial charge is 0.480 e. The summed E-state index contributed by atoms with van der Waals surface area (Å²) < 4.78 is 4.74. The molecular formula is C15H21N5O4. The maximum Gasteiger partial charge on any atom is 0.410 e. The molecule has 2 fully saturated rings. The lowest BCUT2D eigenvalue weighted by molar-refractivity contribution is -0.145. The SMILES string of the molecule is COC(=O)N1C[C@@H]2CC/C(=C\Cc3nn[nH]n3)C[C@@H]2C[C@H]1C(=O)O. The van der Waals surface area contributed by atoms with Crippen molar-refractivity contribution in [3.8, 4) is 0 Å². The normalized spacial score (nSPS) is 28.5. The van der Waals surface area contributed by atoms with Gasteiger partial charge in [0.25, 0.3) is 0 Å². The van der Waals surface area contributed by atoms with Crippen LogP contribution in [0.15, 0.2) is 11.6 Å². The molecule has 3 atom stereocenters. The number of nitrogens with zero attached hydrogens (tertiary/aromatic N) is 4. The van der Waals surface area contributed by atoms with E-state index < -0.39 is 18.1 Å². The van der Waals surface area contributed by atoms with Crippen LogP contribution in [0.25, 0.3) is 0 Å². The minimum Gasteiger partial charge on any atom is -0.480 e. The van der Waals surface area contributed by atoms with Gasteiger partial charge in [-0.1, -0.05) is 16.9 Å². The number of aromatic amines is 1. The van der Waals surface area contributed by atoms with E-state index >= 15 is 0 Å². The number of aromatic nitrogens is 4. The second-order valence-electron chi connectivity index (χ2n) is 6.37. The topological polar surface area (TPSA) is 121 Å². The van der Waals surface area contributed by atoms with Gasteiger partial charge in [0.15, 0.2) is 5.82 Å². The van der Waals surface area contributed by atoms with E-state index in [2.05, 4.69) is 26.7 Å². The summed E-state index contributed by atoms with van der Waals surface area (Å²) in [5, 5.41) is 23.3. The van der Waals surface area contributed by atoms with Crippen LogP contribution in [0.3, 0.4) is 0 Å². The van der Waals surface area contributed by atoms with Gasteiger partial charge in [0.2, 0.25) is 0 Å². The number of ether oxygens (including phenoxy) is 1. The van der Waals surface area contributed by atoms with Crippen LogP contribution in [-0.2, 0) is 16.0 Å². The molecule has 2 aliphatic rings. The molecule has 2 heterocycles. The molecule has 1 aliphatic carbocycles. The number of amides is 1.